The molecule has 0 bridgehead atoms. The van der Waals surface area contributed by atoms with E-state index in [-0.39, 0.29) is 5.91 Å². The Morgan fingerprint density at radius 3 is 2.73 bits per heavy atom. The van der Waals surface area contributed by atoms with Crippen LogP contribution in [-0.2, 0) is 0 Å². The molecular weight excluding hydrogens is 232 g/mol. The number of hydrogen-bond acceptors (Lipinski definition) is 5. The van der Waals surface area contributed by atoms with Crippen molar-refractivity contribution in [2.75, 3.05) is 13.1 Å². The van der Waals surface area contributed by atoms with Gasteiger partial charge in [0, 0.05) is 6.54 Å². The number of carbonyl (C=O) groups excluding carboxylic acids is 1. The molecule has 2 N–H and O–H groups in total. The number of likely N-dealkylation sites (N-methyl/N-ethyl adjacent to an activating group) is 1. The lowest BCUT2D eigenvalue weighted by molar-refractivity contribution is 0.0791. The molecule has 1 amide bonds. The Morgan fingerprint density at radius 2 is 2.33 bits per heavy atom. The Bertz CT molecular complexity index is 376. The van der Waals surface area contributed by atoms with Gasteiger partial charge in [0.1, 0.15) is 4.88 Å². The minimum atomic E-state index is -0.113. The number of aryl methyl sites for hydroxylation is 1. The van der Waals surface area contributed by atoms with Crippen LogP contribution in [0.5, 0.6) is 0 Å². The van der Waals surface area contributed by atoms with Gasteiger partial charge < -0.3 is 10.6 Å². The molecule has 0 fully saturated rings. The van der Waals surface area contributed by atoms with Crippen molar-refractivity contribution in [3.8, 4) is 0 Å². The van der Waals surface area contributed by atoms with E-state index in [4.69, 9.17) is 18.0 Å². The molecule has 0 aliphatic heterocycles. The van der Waals surface area contributed by atoms with Crippen molar-refractivity contribution < 1.29 is 4.79 Å². The molecule has 5 nitrogen and oxygen atoms in total. The zero-order valence-corrected chi connectivity index (χ0v) is 10.2. The third-order valence-electron chi connectivity index (χ3n) is 1.86. The number of amides is 1. The summed E-state index contributed by atoms with van der Waals surface area (Å²) in [5, 5.41) is 3.79. The molecule has 1 rings (SSSR count). The van der Waals surface area contributed by atoms with Crippen LogP contribution in [0.4, 0.5) is 0 Å². The van der Waals surface area contributed by atoms with Crippen molar-refractivity contribution in [1.82, 2.24) is 14.5 Å². The minimum absolute atomic E-state index is 0.113. The molecule has 0 aliphatic rings. The van der Waals surface area contributed by atoms with Gasteiger partial charge in [0.05, 0.1) is 17.2 Å². The van der Waals surface area contributed by atoms with Crippen LogP contribution in [0.2, 0.25) is 0 Å². The summed E-state index contributed by atoms with van der Waals surface area (Å²) in [5.41, 5.74) is 6.05. The predicted octanol–water partition coefficient (Wildman–Crippen LogP) is 0.595. The molecule has 7 heteroatoms. The highest BCUT2D eigenvalue weighted by atomic mass is 32.1. The molecule has 1 aromatic rings. The van der Waals surface area contributed by atoms with E-state index in [1.807, 2.05) is 6.92 Å². The molecule has 15 heavy (non-hydrogen) atoms. The van der Waals surface area contributed by atoms with Crippen molar-refractivity contribution in [1.29, 1.82) is 0 Å². The van der Waals surface area contributed by atoms with E-state index in [1.165, 1.54) is 0 Å². The van der Waals surface area contributed by atoms with Gasteiger partial charge in [0.25, 0.3) is 5.91 Å². The van der Waals surface area contributed by atoms with Crippen LogP contribution in [0.3, 0.4) is 0 Å². The highest BCUT2D eigenvalue weighted by molar-refractivity contribution is 7.80. The van der Waals surface area contributed by atoms with Gasteiger partial charge in [0.2, 0.25) is 0 Å². The zero-order chi connectivity index (χ0) is 11.4. The van der Waals surface area contributed by atoms with Gasteiger partial charge in [-0.3, -0.25) is 4.79 Å². The maximum absolute atomic E-state index is 11.9. The summed E-state index contributed by atoms with van der Waals surface area (Å²) >= 11 is 5.87. The van der Waals surface area contributed by atoms with E-state index in [1.54, 1.807) is 11.8 Å². The Balaban J connectivity index is 2.82. The molecule has 0 radical (unpaired) electrons. The van der Waals surface area contributed by atoms with E-state index in [0.29, 0.717) is 28.6 Å². The number of nitrogens with zero attached hydrogens (tertiary/aromatic N) is 3. The molecule has 0 saturated heterocycles. The number of hydrogen-bond donors (Lipinski definition) is 1. The van der Waals surface area contributed by atoms with Gasteiger partial charge in [-0.15, -0.1) is 5.10 Å². The van der Waals surface area contributed by atoms with E-state index in [0.717, 1.165) is 11.5 Å². The first-order valence-corrected chi connectivity index (χ1v) is 5.61. The monoisotopic (exact) mass is 244 g/mol. The van der Waals surface area contributed by atoms with E-state index < -0.39 is 0 Å². The van der Waals surface area contributed by atoms with E-state index in [2.05, 4.69) is 9.59 Å². The number of thiocarbonyl (C=S) groups is 1. The highest BCUT2D eigenvalue weighted by Crippen LogP contribution is 2.12. The minimum Gasteiger partial charge on any atom is -0.392 e. The molecule has 1 aromatic heterocycles. The fraction of sp³-hybridized carbons (Fsp3) is 0.500. The summed E-state index contributed by atoms with van der Waals surface area (Å²) in [6.07, 6.45) is 0. The second-order valence-corrected chi connectivity index (χ2v) is 4.25. The SMILES string of the molecule is CCN(CC(N)=S)C(=O)c1snnc1C. The van der Waals surface area contributed by atoms with Crippen LogP contribution < -0.4 is 5.73 Å². The van der Waals surface area contributed by atoms with Crippen molar-refractivity contribution in [2.24, 2.45) is 5.73 Å². The Hall–Kier alpha value is -1.08. The topological polar surface area (TPSA) is 72.1 Å². The van der Waals surface area contributed by atoms with Crippen molar-refractivity contribution in [2.45, 2.75) is 13.8 Å². The van der Waals surface area contributed by atoms with Gasteiger partial charge in [-0.25, -0.2) is 0 Å². The Morgan fingerprint density at radius 1 is 1.67 bits per heavy atom. The van der Waals surface area contributed by atoms with Crippen LogP contribution in [-0.4, -0.2) is 38.5 Å². The predicted molar refractivity (Wildman–Crippen MR) is 63.0 cm³/mol. The van der Waals surface area contributed by atoms with Crippen LogP contribution in [0.15, 0.2) is 0 Å². The molecule has 82 valence electrons. The molecule has 0 unspecified atom stereocenters. The fourth-order valence-corrected chi connectivity index (χ4v) is 1.87. The first-order chi connectivity index (χ1) is 7.06. The normalized spacial score (nSPS) is 10.0. The molecular formula is C8H12N4OS2. The molecule has 0 spiro atoms. The summed E-state index contributed by atoms with van der Waals surface area (Å²) in [6.45, 7) is 4.49. The van der Waals surface area contributed by atoms with Crippen LogP contribution >= 0.6 is 23.8 Å². The van der Waals surface area contributed by atoms with Crippen molar-refractivity contribution >= 4 is 34.6 Å². The summed E-state index contributed by atoms with van der Waals surface area (Å²) in [4.78, 5) is 14.4. The second kappa shape index (κ2) is 5.13. The largest absolute Gasteiger partial charge is 0.392 e. The molecule has 0 aromatic carbocycles. The molecule has 1 heterocycles. The number of carbonyl (C=O) groups is 1. The molecule has 0 atom stereocenters. The summed E-state index contributed by atoms with van der Waals surface area (Å²) in [7, 11) is 0. The standard InChI is InChI=1S/C8H12N4OS2/c1-3-12(4-6(9)14)8(13)7-5(2)10-11-15-7/h3-4H2,1-2H3,(H2,9,14). The molecule has 0 saturated carbocycles. The maximum atomic E-state index is 11.9. The van der Waals surface area contributed by atoms with Gasteiger partial charge >= 0.3 is 0 Å². The van der Waals surface area contributed by atoms with Crippen LogP contribution in [0, 0.1) is 6.92 Å². The number of aromatic nitrogens is 2. The molecule has 0 aliphatic carbocycles. The third kappa shape index (κ3) is 2.93. The summed E-state index contributed by atoms with van der Waals surface area (Å²) in [5.74, 6) is -0.113. The van der Waals surface area contributed by atoms with E-state index in [9.17, 15) is 4.79 Å². The second-order valence-electron chi connectivity index (χ2n) is 2.97. The lowest BCUT2D eigenvalue weighted by Crippen LogP contribution is -2.37. The average Bonchev–Trinajstić information content (AvgIpc) is 2.59. The Labute approximate surface area is 97.4 Å². The first kappa shape index (κ1) is 12.0. The first-order valence-electron chi connectivity index (χ1n) is 4.42. The van der Waals surface area contributed by atoms with E-state index >= 15 is 0 Å². The highest BCUT2D eigenvalue weighted by Gasteiger charge is 2.19. The smallest absolute Gasteiger partial charge is 0.267 e. The van der Waals surface area contributed by atoms with Crippen molar-refractivity contribution in [3.05, 3.63) is 10.6 Å². The van der Waals surface area contributed by atoms with Crippen LogP contribution in [0.25, 0.3) is 0 Å². The van der Waals surface area contributed by atoms with Gasteiger partial charge in [0.15, 0.2) is 0 Å². The van der Waals surface area contributed by atoms with Crippen molar-refractivity contribution in [3.63, 3.8) is 0 Å². The number of rotatable bonds is 4. The summed E-state index contributed by atoms with van der Waals surface area (Å²) < 4.78 is 3.72. The van der Waals surface area contributed by atoms with Crippen LogP contribution in [0.1, 0.15) is 22.3 Å². The van der Waals surface area contributed by atoms with Gasteiger partial charge in [-0.05, 0) is 25.4 Å². The Kier molecular flexibility index (Phi) is 4.10. The average molecular weight is 244 g/mol. The lowest BCUT2D eigenvalue weighted by atomic mass is 10.3. The zero-order valence-electron chi connectivity index (χ0n) is 8.56. The summed E-state index contributed by atoms with van der Waals surface area (Å²) in [6, 6.07) is 0. The lowest BCUT2D eigenvalue weighted by Gasteiger charge is -2.18. The quantitative estimate of drug-likeness (QED) is 0.785. The third-order valence-corrected chi connectivity index (χ3v) is 2.81. The number of nitrogens with two attached hydrogens (primary N) is 1. The maximum Gasteiger partial charge on any atom is 0.267 e. The van der Waals surface area contributed by atoms with Gasteiger partial charge in [-0.2, -0.15) is 0 Å². The van der Waals surface area contributed by atoms with Gasteiger partial charge in [-0.1, -0.05) is 16.7 Å². The fourth-order valence-electron chi connectivity index (χ4n) is 1.09.